The molecule has 9 rings (SSSR count). The second-order valence-electron chi connectivity index (χ2n) is 13.5. The molecule has 0 spiro atoms. The number of hydrogen-bond acceptors (Lipinski definition) is 0. The maximum atomic E-state index is 9.75. The second-order valence-corrected chi connectivity index (χ2v) is 20.2. The minimum Gasteiger partial charge on any atom is -2.00 e. The Labute approximate surface area is 437 Å². The summed E-state index contributed by atoms with van der Waals surface area (Å²) in [4.78, 5) is 0. The number of halogens is 4. The Morgan fingerprint density at radius 3 is 0.348 bits per heavy atom. The Morgan fingerprint density at radius 2 is 0.273 bits per heavy atom. The molecular weight excluding hydrogens is 1440 g/mol. The molecule has 0 fully saturated rings. The predicted octanol–water partition coefficient (Wildman–Crippen LogP) is 11.5. The molecule has 0 saturated carbocycles. The van der Waals surface area contributed by atoms with E-state index < -0.39 is 31.0 Å². The van der Waals surface area contributed by atoms with Crippen molar-refractivity contribution >= 4 is 78.8 Å². The molecule has 12 heteroatoms. The third kappa shape index (κ3) is 19.5. The molecule has 9 aromatic carbocycles. The Morgan fingerprint density at radius 1 is 0.197 bits per heavy atom. The summed E-state index contributed by atoms with van der Waals surface area (Å²) in [5.74, 6) is 0. The Balaban J connectivity index is 0.000000314. The van der Waals surface area contributed by atoms with Gasteiger partial charge in [-0.2, -0.15) is 0 Å². The normalized spacial score (nSPS) is 10.0. The van der Waals surface area contributed by atoms with Gasteiger partial charge in [0.2, 0.25) is 0 Å². The van der Waals surface area contributed by atoms with Gasteiger partial charge >= 0.3 is 74.4 Å². The van der Waals surface area contributed by atoms with Crippen LogP contribution in [0, 0.1) is 0 Å². The van der Waals surface area contributed by atoms with Crippen molar-refractivity contribution in [2.45, 2.75) is 0 Å². The molecule has 0 heterocycles. The molecule has 0 N–H and O–H groups in total. The predicted molar refractivity (Wildman–Crippen MR) is 266 cm³/mol. The molecule has 0 atom stereocenters. The minimum absolute atomic E-state index is 0. The summed E-state index contributed by atoms with van der Waals surface area (Å²) >= 11 is 0. The molecule has 0 unspecified atom stereocenters. The van der Waals surface area contributed by atoms with Crippen molar-refractivity contribution < 1.29 is 89.9 Å². The van der Waals surface area contributed by atoms with Crippen molar-refractivity contribution in [3.8, 4) is 0 Å². The van der Waals surface area contributed by atoms with Gasteiger partial charge in [0.25, 0.3) is 0 Å². The van der Waals surface area contributed by atoms with Crippen molar-refractivity contribution in [3.05, 3.63) is 273 Å². The first-order valence-electron chi connectivity index (χ1n) is 20.1. The van der Waals surface area contributed by atoms with E-state index in [4.69, 9.17) is 0 Å². The van der Waals surface area contributed by atoms with Crippen LogP contribution in [0.5, 0.6) is 0 Å². The number of hydrogen-bond donors (Lipinski definition) is 0. The van der Waals surface area contributed by atoms with Crippen LogP contribution in [-0.4, -0.2) is 7.25 Å². The van der Waals surface area contributed by atoms with Gasteiger partial charge < -0.3 is 22.7 Å². The summed E-state index contributed by atoms with van der Waals surface area (Å²) in [5.41, 5.74) is 0. The minimum atomic E-state index is -6.00. The van der Waals surface area contributed by atoms with E-state index >= 15 is 0 Å². The SMILES string of the molecule is F[B-](F)(F)F.[Au+].[Au+].[Au+].[O-2].c1ccc(P(c2ccccc2)c2ccccc2)cc1.c1ccc(P(c2ccccc2)c2ccccc2)cc1.c1ccc(P(c2ccccc2)c2ccccc2)cc1. The molecule has 0 bridgehead atoms. The molecule has 9 aromatic rings. The fourth-order valence-corrected chi connectivity index (χ4v) is 13.5. The molecular formula is C54H45Au3BF4OP3. The molecule has 0 aliphatic rings. The van der Waals surface area contributed by atoms with E-state index in [-0.39, 0.29) is 72.6 Å². The van der Waals surface area contributed by atoms with Gasteiger partial charge in [0, 0.05) is 0 Å². The van der Waals surface area contributed by atoms with E-state index in [2.05, 4.69) is 273 Å². The summed E-state index contributed by atoms with van der Waals surface area (Å²) in [6.45, 7) is 0. The van der Waals surface area contributed by atoms with E-state index in [0.29, 0.717) is 0 Å². The third-order valence-electron chi connectivity index (χ3n) is 9.13. The molecule has 346 valence electrons. The quantitative estimate of drug-likeness (QED) is 0.0783. The van der Waals surface area contributed by atoms with E-state index in [9.17, 15) is 17.3 Å². The van der Waals surface area contributed by atoms with Gasteiger partial charge in [-0.05, 0) is 71.5 Å². The van der Waals surface area contributed by atoms with Crippen LogP contribution in [0.4, 0.5) is 17.3 Å². The standard InChI is InChI=1S/3C18H15P.3Au.BF4.O/c3*1-4-10-16(11-5-1)19(17-12-6-2-7-13-17)18-14-8-3-9-15-18;;;;2-1(3,4)5;/h3*1-15H;;;;;/q;;;3*+1;-1;-2. The first-order valence-corrected chi connectivity index (χ1v) is 24.1. The summed E-state index contributed by atoms with van der Waals surface area (Å²) in [6, 6.07) is 97.0. The van der Waals surface area contributed by atoms with Crippen LogP contribution in [0.15, 0.2) is 273 Å². The maximum absolute atomic E-state index is 9.75. The van der Waals surface area contributed by atoms with E-state index in [0.717, 1.165) is 0 Å². The van der Waals surface area contributed by atoms with Gasteiger partial charge in [-0.25, -0.2) is 0 Å². The van der Waals surface area contributed by atoms with E-state index in [1.54, 1.807) is 0 Å². The van der Waals surface area contributed by atoms with E-state index in [1.165, 1.54) is 47.7 Å². The van der Waals surface area contributed by atoms with Gasteiger partial charge in [-0.1, -0.05) is 273 Å². The average molecular weight is 1480 g/mol. The van der Waals surface area contributed by atoms with Crippen LogP contribution in [0.25, 0.3) is 0 Å². The fourth-order valence-electron chi connectivity index (χ4n) is 6.54. The summed E-state index contributed by atoms with van der Waals surface area (Å²) in [7, 11) is -7.34. The van der Waals surface area contributed by atoms with Gasteiger partial charge in [0.1, 0.15) is 0 Å². The van der Waals surface area contributed by atoms with Crippen molar-refractivity contribution in [2.24, 2.45) is 0 Å². The van der Waals surface area contributed by atoms with Crippen molar-refractivity contribution in [1.29, 1.82) is 0 Å². The monoisotopic (exact) mass is 1480 g/mol. The van der Waals surface area contributed by atoms with Crippen LogP contribution < -0.4 is 47.7 Å². The van der Waals surface area contributed by atoms with Crippen LogP contribution in [-0.2, 0) is 72.6 Å². The molecule has 0 aliphatic heterocycles. The maximum Gasteiger partial charge on any atom is 1.00 e. The van der Waals surface area contributed by atoms with E-state index in [1.807, 2.05) is 0 Å². The zero-order valence-corrected chi connectivity index (χ0v) is 44.4. The topological polar surface area (TPSA) is 28.5 Å². The molecule has 66 heavy (non-hydrogen) atoms. The molecule has 0 amide bonds. The van der Waals surface area contributed by atoms with Gasteiger partial charge in [0.05, 0.1) is 0 Å². The Hall–Kier alpha value is -3.76. The number of benzene rings is 9. The Kier molecular flexibility index (Phi) is 28.4. The van der Waals surface area contributed by atoms with Crippen molar-refractivity contribution in [2.75, 3.05) is 0 Å². The molecule has 1 nitrogen and oxygen atoms in total. The zero-order chi connectivity index (χ0) is 43.2. The van der Waals surface area contributed by atoms with Gasteiger partial charge in [0.15, 0.2) is 0 Å². The van der Waals surface area contributed by atoms with Crippen LogP contribution in [0.1, 0.15) is 0 Å². The molecule has 0 aromatic heterocycles. The first kappa shape index (κ1) is 58.4. The van der Waals surface area contributed by atoms with Gasteiger partial charge in [-0.15, -0.1) is 0 Å². The van der Waals surface area contributed by atoms with Crippen molar-refractivity contribution in [1.82, 2.24) is 0 Å². The van der Waals surface area contributed by atoms with Gasteiger partial charge in [-0.3, -0.25) is 0 Å². The Bertz CT molecular complexity index is 2000. The largest absolute Gasteiger partial charge is 2.00 e. The van der Waals surface area contributed by atoms with Crippen molar-refractivity contribution in [3.63, 3.8) is 0 Å². The molecule has 0 saturated heterocycles. The summed E-state index contributed by atoms with van der Waals surface area (Å²) < 4.78 is 39.0. The first-order chi connectivity index (χ1) is 30.3. The summed E-state index contributed by atoms with van der Waals surface area (Å²) in [5, 5.41) is 12.6. The fraction of sp³-hybridized carbons (Fsp3) is 0. The zero-order valence-electron chi connectivity index (χ0n) is 35.2. The van der Waals surface area contributed by atoms with Crippen LogP contribution in [0.3, 0.4) is 0 Å². The van der Waals surface area contributed by atoms with Crippen LogP contribution in [0.2, 0.25) is 0 Å². The third-order valence-corrected chi connectivity index (χ3v) is 16.5. The summed E-state index contributed by atoms with van der Waals surface area (Å²) in [6.07, 6.45) is 0. The van der Waals surface area contributed by atoms with Crippen LogP contribution >= 0.6 is 23.8 Å². The average Bonchev–Trinajstić information content (AvgIpc) is 3.32. The second kappa shape index (κ2) is 32.1. The molecule has 0 aliphatic carbocycles. The number of rotatable bonds is 9. The molecule has 0 radical (unpaired) electrons. The smallest absolute Gasteiger partial charge is 1.00 e.